The maximum absolute atomic E-state index is 13.4. The number of piperidine rings is 1. The van der Waals surface area contributed by atoms with Gasteiger partial charge in [-0.05, 0) is 64.8 Å². The van der Waals surface area contributed by atoms with Gasteiger partial charge in [0.15, 0.2) is 0 Å². The number of ether oxygens (including phenoxy) is 1. The molecule has 26 heavy (non-hydrogen) atoms. The molecule has 1 saturated carbocycles. The lowest BCUT2D eigenvalue weighted by molar-refractivity contribution is -0.150. The summed E-state index contributed by atoms with van der Waals surface area (Å²) in [5.41, 5.74) is 0.348. The van der Waals surface area contributed by atoms with Gasteiger partial charge in [0.2, 0.25) is 10.0 Å². The Hall–Kier alpha value is -1.44. The third kappa shape index (κ3) is 3.94. The van der Waals surface area contributed by atoms with Gasteiger partial charge in [-0.15, -0.1) is 0 Å². The van der Waals surface area contributed by atoms with Crippen LogP contribution in [-0.4, -0.2) is 51.0 Å². The van der Waals surface area contributed by atoms with Gasteiger partial charge in [-0.3, -0.25) is 4.79 Å². The normalized spacial score (nSPS) is 20.1. The zero-order valence-corrected chi connectivity index (χ0v) is 16.3. The highest BCUT2D eigenvalue weighted by atomic mass is 32.2. The van der Waals surface area contributed by atoms with Crippen LogP contribution >= 0.6 is 0 Å². The summed E-state index contributed by atoms with van der Waals surface area (Å²) in [5.74, 6) is -0.266. The summed E-state index contributed by atoms with van der Waals surface area (Å²) in [6.07, 6.45) is 2.89. The van der Waals surface area contributed by atoms with E-state index in [9.17, 15) is 13.2 Å². The molecule has 1 aliphatic heterocycles. The Labute approximate surface area is 156 Å². The van der Waals surface area contributed by atoms with Crippen LogP contribution < -0.4 is 5.32 Å². The average Bonchev–Trinajstić information content (AvgIpc) is 3.42. The lowest BCUT2D eigenvalue weighted by Gasteiger charge is -2.35. The Morgan fingerprint density at radius 1 is 1.23 bits per heavy atom. The summed E-state index contributed by atoms with van der Waals surface area (Å²) in [7, 11) is -3.66. The van der Waals surface area contributed by atoms with Crippen LogP contribution in [0.15, 0.2) is 29.2 Å². The number of aryl methyl sites for hydroxylation is 1. The number of hydrogen-bond acceptors (Lipinski definition) is 5. The molecule has 3 rings (SSSR count). The lowest BCUT2D eigenvalue weighted by atomic mass is 10.0. The van der Waals surface area contributed by atoms with Crippen molar-refractivity contribution in [1.29, 1.82) is 0 Å². The van der Waals surface area contributed by atoms with Crippen molar-refractivity contribution in [2.75, 3.05) is 26.2 Å². The van der Waals surface area contributed by atoms with Crippen molar-refractivity contribution in [3.8, 4) is 0 Å². The van der Waals surface area contributed by atoms with Crippen molar-refractivity contribution in [3.05, 3.63) is 29.8 Å². The molecular weight excluding hydrogens is 352 g/mol. The maximum atomic E-state index is 13.4. The number of rotatable bonds is 7. The lowest BCUT2D eigenvalue weighted by Crippen LogP contribution is -2.49. The molecule has 144 valence electrons. The van der Waals surface area contributed by atoms with Crippen LogP contribution in [0.5, 0.6) is 0 Å². The third-order valence-corrected chi connectivity index (χ3v) is 7.28. The summed E-state index contributed by atoms with van der Waals surface area (Å²) in [4.78, 5) is 12.7. The SMILES string of the molecule is CCOC(=O)C1(CN(C2CCNCC2)S(=O)(=O)c2ccc(C)cc2)CC1. The minimum atomic E-state index is -3.66. The first-order valence-electron chi connectivity index (χ1n) is 9.35. The standard InChI is InChI=1S/C19H28N2O4S/c1-3-25-18(22)19(10-11-19)14-21(16-8-12-20-13-9-16)26(23,24)17-6-4-15(2)5-7-17/h4-7,16,20H,3,8-14H2,1-2H3. The highest BCUT2D eigenvalue weighted by molar-refractivity contribution is 7.89. The van der Waals surface area contributed by atoms with E-state index in [-0.39, 0.29) is 18.6 Å². The molecule has 0 unspecified atom stereocenters. The fraction of sp³-hybridized carbons (Fsp3) is 0.632. The fourth-order valence-electron chi connectivity index (χ4n) is 3.51. The van der Waals surface area contributed by atoms with Crippen molar-refractivity contribution in [3.63, 3.8) is 0 Å². The van der Waals surface area contributed by atoms with Crippen LogP contribution in [0.25, 0.3) is 0 Å². The van der Waals surface area contributed by atoms with E-state index in [2.05, 4.69) is 5.32 Å². The van der Waals surface area contributed by atoms with Gasteiger partial charge in [-0.25, -0.2) is 8.42 Å². The average molecular weight is 381 g/mol. The maximum Gasteiger partial charge on any atom is 0.313 e. The van der Waals surface area contributed by atoms with Crippen LogP contribution in [0, 0.1) is 12.3 Å². The number of nitrogens with one attached hydrogen (secondary N) is 1. The molecule has 6 nitrogen and oxygen atoms in total. The van der Waals surface area contributed by atoms with Gasteiger partial charge in [0.1, 0.15) is 0 Å². The second-order valence-electron chi connectivity index (χ2n) is 7.35. The summed E-state index contributed by atoms with van der Waals surface area (Å²) in [6.45, 7) is 5.82. The van der Waals surface area contributed by atoms with Gasteiger partial charge in [-0.2, -0.15) is 4.31 Å². The molecule has 0 radical (unpaired) electrons. The monoisotopic (exact) mass is 380 g/mol. The third-order valence-electron chi connectivity index (χ3n) is 5.36. The zero-order chi connectivity index (χ0) is 18.8. The minimum absolute atomic E-state index is 0.0885. The van der Waals surface area contributed by atoms with Crippen LogP contribution in [0.2, 0.25) is 0 Å². The highest BCUT2D eigenvalue weighted by Crippen LogP contribution is 2.48. The van der Waals surface area contributed by atoms with Crippen molar-refractivity contribution in [2.24, 2.45) is 5.41 Å². The van der Waals surface area contributed by atoms with E-state index in [0.717, 1.165) is 31.5 Å². The molecule has 1 saturated heterocycles. The number of carbonyl (C=O) groups excluding carboxylic acids is 1. The molecular formula is C19H28N2O4S. The van der Waals surface area contributed by atoms with Gasteiger partial charge in [-0.1, -0.05) is 17.7 Å². The molecule has 1 N–H and O–H groups in total. The molecule has 1 aromatic rings. The summed E-state index contributed by atoms with van der Waals surface area (Å²) >= 11 is 0. The number of carbonyl (C=O) groups is 1. The van der Waals surface area contributed by atoms with Crippen molar-refractivity contribution < 1.29 is 17.9 Å². The number of hydrogen-bond donors (Lipinski definition) is 1. The van der Waals surface area contributed by atoms with Gasteiger partial charge >= 0.3 is 5.97 Å². The van der Waals surface area contributed by atoms with Gasteiger partial charge < -0.3 is 10.1 Å². The van der Waals surface area contributed by atoms with Crippen molar-refractivity contribution in [1.82, 2.24) is 9.62 Å². The van der Waals surface area contributed by atoms with Crippen LogP contribution in [0.1, 0.15) is 38.2 Å². The summed E-state index contributed by atoms with van der Waals surface area (Å²) in [5, 5.41) is 3.28. The molecule has 7 heteroatoms. The van der Waals surface area contributed by atoms with Crippen LogP contribution in [0.3, 0.4) is 0 Å². The van der Waals surface area contributed by atoms with Crippen molar-refractivity contribution >= 4 is 16.0 Å². The Morgan fingerprint density at radius 3 is 2.38 bits per heavy atom. The first-order valence-corrected chi connectivity index (χ1v) is 10.8. The minimum Gasteiger partial charge on any atom is -0.466 e. The number of sulfonamides is 1. The van der Waals surface area contributed by atoms with E-state index >= 15 is 0 Å². The molecule has 0 amide bonds. The van der Waals surface area contributed by atoms with E-state index in [4.69, 9.17) is 4.74 Å². The second kappa shape index (κ2) is 7.66. The topological polar surface area (TPSA) is 75.7 Å². The van der Waals surface area contributed by atoms with E-state index in [1.807, 2.05) is 19.1 Å². The molecule has 2 aliphatic rings. The van der Waals surface area contributed by atoms with E-state index in [1.54, 1.807) is 23.4 Å². The molecule has 0 aromatic heterocycles. The Bertz CT molecular complexity index is 735. The zero-order valence-electron chi connectivity index (χ0n) is 15.5. The quantitative estimate of drug-likeness (QED) is 0.733. The molecule has 1 aromatic carbocycles. The van der Waals surface area contributed by atoms with E-state index < -0.39 is 15.4 Å². The summed E-state index contributed by atoms with van der Waals surface area (Å²) in [6, 6.07) is 6.84. The highest BCUT2D eigenvalue weighted by Gasteiger charge is 2.54. The van der Waals surface area contributed by atoms with Gasteiger partial charge in [0.25, 0.3) is 0 Å². The number of esters is 1. The molecule has 0 spiro atoms. The van der Waals surface area contributed by atoms with Crippen LogP contribution in [-0.2, 0) is 19.6 Å². The first kappa shape index (κ1) is 19.3. The molecule has 1 heterocycles. The number of nitrogens with zero attached hydrogens (tertiary/aromatic N) is 1. The largest absolute Gasteiger partial charge is 0.466 e. The molecule has 2 fully saturated rings. The number of benzene rings is 1. The summed E-state index contributed by atoms with van der Waals surface area (Å²) < 4.78 is 33.6. The Balaban J connectivity index is 1.90. The van der Waals surface area contributed by atoms with E-state index in [0.29, 0.717) is 24.3 Å². The fourth-order valence-corrected chi connectivity index (χ4v) is 5.28. The predicted molar refractivity (Wildman–Crippen MR) is 99.3 cm³/mol. The predicted octanol–water partition coefficient (Wildman–Crippen LogP) is 2.08. The smallest absolute Gasteiger partial charge is 0.313 e. The van der Waals surface area contributed by atoms with Crippen molar-refractivity contribution in [2.45, 2.75) is 50.5 Å². The second-order valence-corrected chi connectivity index (χ2v) is 9.24. The van der Waals surface area contributed by atoms with Crippen LogP contribution in [0.4, 0.5) is 0 Å². The van der Waals surface area contributed by atoms with Gasteiger partial charge in [0, 0.05) is 12.6 Å². The Kier molecular flexibility index (Phi) is 5.69. The molecule has 0 bridgehead atoms. The molecule has 1 aliphatic carbocycles. The first-order chi connectivity index (χ1) is 12.4. The molecule has 0 atom stereocenters. The van der Waals surface area contributed by atoms with Gasteiger partial charge in [0.05, 0.1) is 16.9 Å². The van der Waals surface area contributed by atoms with E-state index in [1.165, 1.54) is 0 Å². The Morgan fingerprint density at radius 2 is 1.85 bits per heavy atom.